The molecular formula is C18H21BrN2O2. The Balaban J connectivity index is 1.52. The maximum absolute atomic E-state index is 12.9. The Kier molecular flexibility index (Phi) is 3.93. The summed E-state index contributed by atoms with van der Waals surface area (Å²) in [7, 11) is 1.94. The number of halogens is 1. The summed E-state index contributed by atoms with van der Waals surface area (Å²) in [6.07, 6.45) is 6.59. The Morgan fingerprint density at radius 2 is 2.04 bits per heavy atom. The van der Waals surface area contributed by atoms with Crippen LogP contribution in [0.5, 0.6) is 5.75 Å². The fourth-order valence-electron chi connectivity index (χ4n) is 4.01. The molecule has 4 nitrogen and oxygen atoms in total. The Hall–Kier alpha value is -1.33. The van der Waals surface area contributed by atoms with Gasteiger partial charge in [-0.05, 0) is 50.0 Å². The number of hydrogen-bond acceptors (Lipinski definition) is 3. The van der Waals surface area contributed by atoms with Crippen molar-refractivity contribution in [1.29, 1.82) is 0 Å². The largest absolute Gasteiger partial charge is 0.488 e. The predicted octanol–water partition coefficient (Wildman–Crippen LogP) is 2.97. The van der Waals surface area contributed by atoms with Crippen LogP contribution < -0.4 is 10.1 Å². The molecule has 3 heterocycles. The van der Waals surface area contributed by atoms with Crippen molar-refractivity contribution in [3.8, 4) is 5.75 Å². The van der Waals surface area contributed by atoms with E-state index in [1.165, 1.54) is 12.8 Å². The average molecular weight is 377 g/mol. The van der Waals surface area contributed by atoms with Gasteiger partial charge in [-0.25, -0.2) is 0 Å². The molecule has 3 aliphatic rings. The molecule has 0 aliphatic carbocycles. The monoisotopic (exact) mass is 376 g/mol. The minimum atomic E-state index is 0.0990. The number of likely N-dealkylation sites (N-methyl/N-ethyl adjacent to an activating group) is 1. The van der Waals surface area contributed by atoms with E-state index < -0.39 is 0 Å². The molecule has 2 atom stereocenters. The second-order valence-corrected chi connectivity index (χ2v) is 7.74. The number of piperidine rings is 1. The number of nitrogens with zero attached hydrogens (tertiary/aromatic N) is 1. The number of fused-ring (bicyclic) bond motifs is 3. The summed E-state index contributed by atoms with van der Waals surface area (Å²) in [5, 5.41) is 3.63. The predicted molar refractivity (Wildman–Crippen MR) is 93.4 cm³/mol. The van der Waals surface area contributed by atoms with Crippen LogP contribution in [0.2, 0.25) is 0 Å². The topological polar surface area (TPSA) is 41.6 Å². The molecule has 0 aromatic heterocycles. The maximum atomic E-state index is 12.9. The van der Waals surface area contributed by atoms with Gasteiger partial charge in [-0.3, -0.25) is 4.79 Å². The van der Waals surface area contributed by atoms with Gasteiger partial charge in [0.2, 0.25) is 0 Å². The molecule has 2 saturated heterocycles. The third kappa shape index (κ3) is 2.92. The quantitative estimate of drug-likeness (QED) is 0.862. The van der Waals surface area contributed by atoms with Gasteiger partial charge in [-0.15, -0.1) is 0 Å². The second-order valence-electron chi connectivity index (χ2n) is 6.82. The van der Waals surface area contributed by atoms with Gasteiger partial charge in [0.15, 0.2) is 0 Å². The van der Waals surface area contributed by atoms with Crippen LogP contribution in [0.4, 0.5) is 0 Å². The SMILES string of the molecule is CN(C(=O)C1=Cc2cc(Br)ccc2OC1)C1CC2CCC(C1)N2. The number of nitrogens with one attached hydrogen (secondary N) is 1. The Morgan fingerprint density at radius 1 is 1.30 bits per heavy atom. The summed E-state index contributed by atoms with van der Waals surface area (Å²) in [6, 6.07) is 7.39. The normalized spacial score (nSPS) is 28.6. The molecule has 1 aromatic carbocycles. The summed E-state index contributed by atoms with van der Waals surface area (Å²) in [4.78, 5) is 14.8. The zero-order chi connectivity index (χ0) is 16.0. The van der Waals surface area contributed by atoms with Crippen LogP contribution in [0.15, 0.2) is 28.2 Å². The van der Waals surface area contributed by atoms with E-state index >= 15 is 0 Å². The molecule has 1 N–H and O–H groups in total. The highest BCUT2D eigenvalue weighted by molar-refractivity contribution is 9.10. The van der Waals surface area contributed by atoms with E-state index in [-0.39, 0.29) is 5.91 Å². The van der Waals surface area contributed by atoms with Crippen LogP contribution >= 0.6 is 15.9 Å². The molecule has 23 heavy (non-hydrogen) atoms. The molecule has 0 radical (unpaired) electrons. The minimum absolute atomic E-state index is 0.0990. The highest BCUT2D eigenvalue weighted by Gasteiger charge is 2.37. The molecule has 1 aromatic rings. The third-order valence-corrected chi connectivity index (χ3v) is 5.77. The van der Waals surface area contributed by atoms with Crippen molar-refractivity contribution in [2.45, 2.75) is 43.8 Å². The van der Waals surface area contributed by atoms with Gasteiger partial charge in [-0.1, -0.05) is 15.9 Å². The number of amides is 1. The van der Waals surface area contributed by atoms with Crippen LogP contribution in [0.25, 0.3) is 6.08 Å². The van der Waals surface area contributed by atoms with Crippen molar-refractivity contribution in [1.82, 2.24) is 10.2 Å². The van der Waals surface area contributed by atoms with Crippen molar-refractivity contribution in [3.05, 3.63) is 33.8 Å². The van der Waals surface area contributed by atoms with Gasteiger partial charge in [0, 0.05) is 35.2 Å². The zero-order valence-electron chi connectivity index (χ0n) is 13.2. The smallest absolute Gasteiger partial charge is 0.253 e. The molecule has 2 unspecified atom stereocenters. The number of benzene rings is 1. The molecule has 3 aliphatic heterocycles. The lowest BCUT2D eigenvalue weighted by Crippen LogP contribution is -2.49. The lowest BCUT2D eigenvalue weighted by Gasteiger charge is -2.36. The number of carbonyl (C=O) groups is 1. The first kappa shape index (κ1) is 15.2. The molecule has 2 bridgehead atoms. The van der Waals surface area contributed by atoms with Crippen LogP contribution in [0, 0.1) is 0 Å². The van der Waals surface area contributed by atoms with E-state index in [0.717, 1.165) is 34.2 Å². The van der Waals surface area contributed by atoms with Crippen molar-refractivity contribution in [2.75, 3.05) is 13.7 Å². The van der Waals surface area contributed by atoms with Gasteiger partial charge in [0.05, 0.1) is 5.57 Å². The van der Waals surface area contributed by atoms with Gasteiger partial charge in [0.1, 0.15) is 12.4 Å². The molecule has 0 spiro atoms. The van der Waals surface area contributed by atoms with Crippen molar-refractivity contribution in [2.24, 2.45) is 0 Å². The van der Waals surface area contributed by atoms with Crippen LogP contribution in [0.3, 0.4) is 0 Å². The summed E-state index contributed by atoms with van der Waals surface area (Å²) in [6.45, 7) is 0.357. The molecule has 5 heteroatoms. The summed E-state index contributed by atoms with van der Waals surface area (Å²) < 4.78 is 6.75. The number of carbonyl (C=O) groups excluding carboxylic acids is 1. The second kappa shape index (κ2) is 5.95. The van der Waals surface area contributed by atoms with Gasteiger partial charge < -0.3 is 15.0 Å². The highest BCUT2D eigenvalue weighted by Crippen LogP contribution is 2.32. The summed E-state index contributed by atoms with van der Waals surface area (Å²) >= 11 is 3.47. The fourth-order valence-corrected chi connectivity index (χ4v) is 4.39. The number of ether oxygens (including phenoxy) is 1. The van der Waals surface area contributed by atoms with Crippen molar-refractivity contribution < 1.29 is 9.53 Å². The van der Waals surface area contributed by atoms with E-state index in [9.17, 15) is 4.79 Å². The van der Waals surface area contributed by atoms with Crippen LogP contribution in [0.1, 0.15) is 31.2 Å². The molecule has 122 valence electrons. The Labute approximate surface area is 145 Å². The van der Waals surface area contributed by atoms with Gasteiger partial charge >= 0.3 is 0 Å². The van der Waals surface area contributed by atoms with Crippen molar-refractivity contribution >= 4 is 27.9 Å². The standard InChI is InChI=1S/C18H21BrN2O2/c1-21(16-8-14-3-4-15(9-16)20-14)18(22)12-6-11-7-13(19)2-5-17(11)23-10-12/h2,5-7,14-16,20H,3-4,8-10H2,1H3. The fraction of sp³-hybridized carbons (Fsp3) is 0.500. The molecule has 1 amide bonds. The van der Waals surface area contributed by atoms with E-state index in [1.54, 1.807) is 0 Å². The molecule has 4 rings (SSSR count). The lowest BCUT2D eigenvalue weighted by atomic mass is 9.97. The van der Waals surface area contributed by atoms with Crippen LogP contribution in [-0.4, -0.2) is 42.6 Å². The minimum Gasteiger partial charge on any atom is -0.488 e. The number of hydrogen-bond donors (Lipinski definition) is 1. The van der Waals surface area contributed by atoms with E-state index in [2.05, 4.69) is 21.2 Å². The summed E-state index contributed by atoms with van der Waals surface area (Å²) in [5.74, 6) is 0.939. The third-order valence-electron chi connectivity index (χ3n) is 5.28. The average Bonchev–Trinajstić information content (AvgIpc) is 2.90. The lowest BCUT2D eigenvalue weighted by molar-refractivity contribution is -0.128. The first-order chi connectivity index (χ1) is 11.1. The van der Waals surface area contributed by atoms with Crippen molar-refractivity contribution in [3.63, 3.8) is 0 Å². The first-order valence-electron chi connectivity index (χ1n) is 8.26. The van der Waals surface area contributed by atoms with Gasteiger partial charge in [0.25, 0.3) is 5.91 Å². The summed E-state index contributed by atoms with van der Waals surface area (Å²) in [5.41, 5.74) is 1.71. The van der Waals surface area contributed by atoms with E-state index in [1.807, 2.05) is 36.2 Å². The maximum Gasteiger partial charge on any atom is 0.253 e. The Morgan fingerprint density at radius 3 is 2.78 bits per heavy atom. The Bertz CT molecular complexity index is 661. The van der Waals surface area contributed by atoms with Crippen LogP contribution in [-0.2, 0) is 4.79 Å². The number of rotatable bonds is 2. The molecular weight excluding hydrogens is 356 g/mol. The highest BCUT2D eigenvalue weighted by atomic mass is 79.9. The van der Waals surface area contributed by atoms with Gasteiger partial charge in [-0.2, -0.15) is 0 Å². The zero-order valence-corrected chi connectivity index (χ0v) is 14.8. The van der Waals surface area contributed by atoms with E-state index in [0.29, 0.717) is 24.7 Å². The first-order valence-corrected chi connectivity index (χ1v) is 9.05. The molecule has 2 fully saturated rings. The van der Waals surface area contributed by atoms with E-state index in [4.69, 9.17) is 4.74 Å². The molecule has 0 saturated carbocycles.